The van der Waals surface area contributed by atoms with E-state index in [9.17, 15) is 5.11 Å². The van der Waals surface area contributed by atoms with E-state index in [0.29, 0.717) is 0 Å². The highest BCUT2D eigenvalue weighted by molar-refractivity contribution is 5.25. The molecule has 108 valence electrons. The lowest BCUT2D eigenvalue weighted by Gasteiger charge is -2.36. The van der Waals surface area contributed by atoms with E-state index in [1.54, 1.807) is 0 Å². The summed E-state index contributed by atoms with van der Waals surface area (Å²) >= 11 is 0. The van der Waals surface area contributed by atoms with Crippen LogP contribution in [0, 0.1) is 0 Å². The van der Waals surface area contributed by atoms with Crippen LogP contribution in [0.2, 0.25) is 0 Å². The average molecular weight is 264 g/mol. The number of benzene rings is 1. The first-order valence-electron chi connectivity index (χ1n) is 7.11. The molecule has 2 atom stereocenters. The van der Waals surface area contributed by atoms with Gasteiger partial charge in [0.1, 0.15) is 0 Å². The molecule has 19 heavy (non-hydrogen) atoms. The summed E-state index contributed by atoms with van der Waals surface area (Å²) < 4.78 is 0. The van der Waals surface area contributed by atoms with Gasteiger partial charge in [-0.3, -0.25) is 0 Å². The lowest BCUT2D eigenvalue weighted by atomic mass is 9.81. The Labute approximate surface area is 117 Å². The molecule has 0 saturated carbocycles. The first-order chi connectivity index (χ1) is 9.03. The number of rotatable bonds is 8. The van der Waals surface area contributed by atoms with Crippen LogP contribution in [0.4, 0.5) is 0 Å². The zero-order valence-electron chi connectivity index (χ0n) is 12.7. The molecule has 0 aliphatic heterocycles. The number of aliphatic hydroxyl groups is 1. The molecule has 1 rings (SSSR count). The molecule has 1 aromatic rings. The summed E-state index contributed by atoms with van der Waals surface area (Å²) in [6.45, 7) is 9.50. The highest BCUT2D eigenvalue weighted by atomic mass is 16.3. The van der Waals surface area contributed by atoms with Crippen molar-refractivity contribution in [3.63, 3.8) is 0 Å². The standard InChI is InChI=1S/C16H28N2O/c1-5-17-12-16(3,13-18(4)14(2)11-19)15-9-7-6-8-10-15/h6-10,14,17,19H,5,11-13H2,1-4H3. The lowest BCUT2D eigenvalue weighted by molar-refractivity contribution is 0.135. The summed E-state index contributed by atoms with van der Waals surface area (Å²) in [4.78, 5) is 2.23. The molecule has 0 aromatic heterocycles. The molecule has 0 aliphatic carbocycles. The fraction of sp³-hybridized carbons (Fsp3) is 0.625. The maximum atomic E-state index is 9.29. The molecule has 0 amide bonds. The molecule has 0 fully saturated rings. The minimum absolute atomic E-state index is 0.0510. The third-order valence-corrected chi connectivity index (χ3v) is 3.85. The van der Waals surface area contributed by atoms with Crippen LogP contribution >= 0.6 is 0 Å². The van der Waals surface area contributed by atoms with E-state index >= 15 is 0 Å². The predicted molar refractivity (Wildman–Crippen MR) is 81.5 cm³/mol. The van der Waals surface area contributed by atoms with E-state index in [4.69, 9.17) is 0 Å². The Hall–Kier alpha value is -0.900. The van der Waals surface area contributed by atoms with E-state index in [0.717, 1.165) is 19.6 Å². The number of likely N-dealkylation sites (N-methyl/N-ethyl adjacent to an activating group) is 2. The number of hydrogen-bond acceptors (Lipinski definition) is 3. The van der Waals surface area contributed by atoms with E-state index in [-0.39, 0.29) is 18.1 Å². The van der Waals surface area contributed by atoms with Crippen molar-refractivity contribution >= 4 is 0 Å². The van der Waals surface area contributed by atoms with Gasteiger partial charge in [0.05, 0.1) is 6.61 Å². The quantitative estimate of drug-likeness (QED) is 0.752. The molecule has 0 aliphatic rings. The summed E-state index contributed by atoms with van der Waals surface area (Å²) in [6.07, 6.45) is 0. The van der Waals surface area contributed by atoms with Crippen LogP contribution in [0.25, 0.3) is 0 Å². The van der Waals surface area contributed by atoms with Crippen LogP contribution in [0.3, 0.4) is 0 Å². The normalized spacial score (nSPS) is 16.3. The molecular formula is C16H28N2O. The van der Waals surface area contributed by atoms with Crippen LogP contribution in [0.1, 0.15) is 26.3 Å². The highest BCUT2D eigenvalue weighted by Crippen LogP contribution is 2.24. The Balaban J connectivity index is 2.87. The molecular weight excluding hydrogens is 236 g/mol. The van der Waals surface area contributed by atoms with Crippen molar-refractivity contribution in [3.8, 4) is 0 Å². The number of nitrogens with zero attached hydrogens (tertiary/aromatic N) is 1. The first-order valence-corrected chi connectivity index (χ1v) is 7.11. The summed E-state index contributed by atoms with van der Waals surface area (Å²) in [5.74, 6) is 0. The zero-order chi connectivity index (χ0) is 14.3. The summed E-state index contributed by atoms with van der Waals surface area (Å²) in [7, 11) is 2.08. The molecule has 0 spiro atoms. The van der Waals surface area contributed by atoms with Crippen molar-refractivity contribution in [2.45, 2.75) is 32.2 Å². The van der Waals surface area contributed by atoms with Crippen LogP contribution in [-0.4, -0.2) is 49.3 Å². The van der Waals surface area contributed by atoms with Crippen LogP contribution in [0.5, 0.6) is 0 Å². The fourth-order valence-corrected chi connectivity index (χ4v) is 2.34. The Bertz CT molecular complexity index is 355. The van der Waals surface area contributed by atoms with Crippen molar-refractivity contribution in [3.05, 3.63) is 35.9 Å². The largest absolute Gasteiger partial charge is 0.395 e. The van der Waals surface area contributed by atoms with Crippen molar-refractivity contribution in [2.75, 3.05) is 33.3 Å². The van der Waals surface area contributed by atoms with Crippen molar-refractivity contribution in [1.82, 2.24) is 10.2 Å². The number of aliphatic hydroxyl groups excluding tert-OH is 1. The lowest BCUT2D eigenvalue weighted by Crippen LogP contribution is -2.47. The van der Waals surface area contributed by atoms with E-state index in [1.807, 2.05) is 0 Å². The van der Waals surface area contributed by atoms with Gasteiger partial charge in [-0.05, 0) is 26.1 Å². The topological polar surface area (TPSA) is 35.5 Å². The second-order valence-corrected chi connectivity index (χ2v) is 5.65. The van der Waals surface area contributed by atoms with E-state index < -0.39 is 0 Å². The predicted octanol–water partition coefficient (Wildman–Crippen LogP) is 1.87. The fourth-order valence-electron chi connectivity index (χ4n) is 2.34. The Morgan fingerprint density at radius 1 is 1.32 bits per heavy atom. The monoisotopic (exact) mass is 264 g/mol. The summed E-state index contributed by atoms with van der Waals surface area (Å²) in [6, 6.07) is 10.8. The highest BCUT2D eigenvalue weighted by Gasteiger charge is 2.28. The van der Waals surface area contributed by atoms with Crippen LogP contribution in [-0.2, 0) is 5.41 Å². The summed E-state index contributed by atoms with van der Waals surface area (Å²) in [5, 5.41) is 12.8. The van der Waals surface area contributed by atoms with Gasteiger partial charge in [0.15, 0.2) is 0 Å². The maximum Gasteiger partial charge on any atom is 0.0584 e. The van der Waals surface area contributed by atoms with Gasteiger partial charge < -0.3 is 15.3 Å². The number of nitrogens with one attached hydrogen (secondary N) is 1. The minimum Gasteiger partial charge on any atom is -0.395 e. The van der Waals surface area contributed by atoms with Gasteiger partial charge in [0.2, 0.25) is 0 Å². The molecule has 2 N–H and O–H groups in total. The smallest absolute Gasteiger partial charge is 0.0584 e. The van der Waals surface area contributed by atoms with Gasteiger partial charge >= 0.3 is 0 Å². The molecule has 0 saturated heterocycles. The Kier molecular flexibility index (Phi) is 6.49. The number of hydrogen-bond donors (Lipinski definition) is 2. The second kappa shape index (κ2) is 7.63. The van der Waals surface area contributed by atoms with Crippen molar-refractivity contribution < 1.29 is 5.11 Å². The molecule has 2 unspecified atom stereocenters. The van der Waals surface area contributed by atoms with Gasteiger partial charge in [-0.25, -0.2) is 0 Å². The van der Waals surface area contributed by atoms with E-state index in [2.05, 4.69) is 68.4 Å². The van der Waals surface area contributed by atoms with Crippen molar-refractivity contribution in [1.29, 1.82) is 0 Å². The van der Waals surface area contributed by atoms with E-state index in [1.165, 1.54) is 5.56 Å². The average Bonchev–Trinajstić information content (AvgIpc) is 2.45. The van der Waals surface area contributed by atoms with Gasteiger partial charge in [-0.2, -0.15) is 0 Å². The van der Waals surface area contributed by atoms with Gasteiger partial charge in [-0.1, -0.05) is 44.2 Å². The third-order valence-electron chi connectivity index (χ3n) is 3.85. The molecule has 0 radical (unpaired) electrons. The van der Waals surface area contributed by atoms with Gasteiger partial charge in [0.25, 0.3) is 0 Å². The second-order valence-electron chi connectivity index (χ2n) is 5.65. The SMILES string of the molecule is CCNCC(C)(CN(C)C(C)CO)c1ccccc1. The van der Waals surface area contributed by atoms with Crippen molar-refractivity contribution in [2.24, 2.45) is 0 Å². The van der Waals surface area contributed by atoms with Gasteiger partial charge in [-0.15, -0.1) is 0 Å². The summed E-state index contributed by atoms with van der Waals surface area (Å²) in [5.41, 5.74) is 1.39. The van der Waals surface area contributed by atoms with Crippen LogP contribution < -0.4 is 5.32 Å². The Morgan fingerprint density at radius 2 is 1.95 bits per heavy atom. The minimum atomic E-state index is 0.0510. The van der Waals surface area contributed by atoms with Crippen LogP contribution in [0.15, 0.2) is 30.3 Å². The molecule has 3 heteroatoms. The van der Waals surface area contributed by atoms with Gasteiger partial charge in [0, 0.05) is 24.5 Å². The zero-order valence-corrected chi connectivity index (χ0v) is 12.7. The first kappa shape index (κ1) is 16.2. The molecule has 0 heterocycles. The third kappa shape index (κ3) is 4.60. The molecule has 1 aromatic carbocycles. The molecule has 0 bridgehead atoms. The molecule has 3 nitrogen and oxygen atoms in total. The Morgan fingerprint density at radius 3 is 2.47 bits per heavy atom. The maximum absolute atomic E-state index is 9.29.